The molecule has 4 aromatic rings. The number of nitrogens with zero attached hydrogens (tertiary/aromatic N) is 3. The Kier molecular flexibility index (Phi) is 8.22. The zero-order valence-corrected chi connectivity index (χ0v) is 23.4. The van der Waals surface area contributed by atoms with E-state index in [1.54, 1.807) is 28.6 Å². The molecule has 0 aliphatic carbocycles. The Morgan fingerprint density at radius 2 is 1.67 bits per heavy atom. The Morgan fingerprint density at radius 1 is 1.00 bits per heavy atom. The second-order valence-electron chi connectivity index (χ2n) is 9.18. The molecule has 11 heteroatoms. The van der Waals surface area contributed by atoms with Gasteiger partial charge in [0, 0.05) is 34.9 Å². The molecule has 3 aromatic carbocycles. The molecule has 1 fully saturated rings. The second-order valence-corrected chi connectivity index (χ2v) is 10.9. The first kappa shape index (κ1) is 27.2. The van der Waals surface area contributed by atoms with Gasteiger partial charge in [-0.3, -0.25) is 4.79 Å². The maximum atomic E-state index is 13.7. The summed E-state index contributed by atoms with van der Waals surface area (Å²) < 4.78 is 46.5. The smallest absolute Gasteiger partial charge is 0.253 e. The van der Waals surface area contributed by atoms with Gasteiger partial charge in [-0.25, -0.2) is 22.2 Å². The fraction of sp³-hybridized carbons (Fsp3) is 0.214. The fourth-order valence-electron chi connectivity index (χ4n) is 4.50. The van der Waals surface area contributed by atoms with Gasteiger partial charge in [-0.15, -0.1) is 0 Å². The number of thiol groups is 1. The number of rotatable bonds is 9. The summed E-state index contributed by atoms with van der Waals surface area (Å²) in [6.45, 7) is 2.37. The number of carbonyl (C=O) groups is 1. The molecule has 8 nitrogen and oxygen atoms in total. The topological polar surface area (TPSA) is 93.5 Å². The number of carbonyl (C=O) groups excluding carboxylic acids is 1. The lowest BCUT2D eigenvalue weighted by Crippen LogP contribution is -2.32. The zero-order chi connectivity index (χ0) is 27.5. The van der Waals surface area contributed by atoms with Gasteiger partial charge >= 0.3 is 0 Å². The van der Waals surface area contributed by atoms with E-state index in [1.165, 1.54) is 12.1 Å². The molecule has 39 heavy (non-hydrogen) atoms. The van der Waals surface area contributed by atoms with Crippen molar-refractivity contribution in [3.63, 3.8) is 0 Å². The summed E-state index contributed by atoms with van der Waals surface area (Å²) in [6, 6.07) is 21.3. The van der Waals surface area contributed by atoms with Crippen LogP contribution in [0.1, 0.15) is 29.8 Å². The summed E-state index contributed by atoms with van der Waals surface area (Å²) >= 11 is 3.45. The SMILES string of the molecule is CC1OC(c2cn(-c3ccc(Br)cc3)nc2-c2ccc(F)cc2)N(CCc2ccc(CN[SH](=O)=O)cc2)C1=O. The van der Waals surface area contributed by atoms with Gasteiger partial charge in [-0.05, 0) is 73.0 Å². The first-order valence-corrected chi connectivity index (χ1v) is 14.3. The summed E-state index contributed by atoms with van der Waals surface area (Å²) in [5, 5.41) is 4.81. The molecule has 1 aliphatic heterocycles. The van der Waals surface area contributed by atoms with E-state index in [0.717, 1.165) is 21.3 Å². The van der Waals surface area contributed by atoms with Gasteiger partial charge in [0.2, 0.25) is 10.9 Å². The van der Waals surface area contributed by atoms with E-state index in [9.17, 15) is 17.6 Å². The number of ether oxygens (including phenoxy) is 1. The average molecular weight is 614 g/mol. The number of nitrogens with one attached hydrogen (secondary N) is 1. The van der Waals surface area contributed by atoms with Gasteiger partial charge in [0.05, 0.1) is 5.69 Å². The highest BCUT2D eigenvalue weighted by Gasteiger charge is 2.40. The molecular formula is C28H26BrFN4O4S. The molecule has 1 saturated heterocycles. The van der Waals surface area contributed by atoms with Gasteiger partial charge in [0.25, 0.3) is 5.91 Å². The van der Waals surface area contributed by atoms with Crippen LogP contribution in [0, 0.1) is 5.82 Å². The van der Waals surface area contributed by atoms with Gasteiger partial charge in [-0.1, -0.05) is 40.2 Å². The van der Waals surface area contributed by atoms with Crippen LogP contribution in [-0.4, -0.2) is 41.7 Å². The maximum Gasteiger partial charge on any atom is 0.253 e. The first-order valence-electron chi connectivity index (χ1n) is 12.3. The molecule has 0 radical (unpaired) electrons. The van der Waals surface area contributed by atoms with E-state index >= 15 is 0 Å². The highest BCUT2D eigenvalue weighted by atomic mass is 79.9. The van der Waals surface area contributed by atoms with Crippen molar-refractivity contribution in [3.05, 3.63) is 106 Å². The standard InChI is InChI=1S/C28H26BrFN4O4S/c1-18-27(35)33(15-14-19-2-4-20(5-3-19)16-31-39(36)37)28(38-18)25-17-34(24-12-8-22(29)9-13-24)32-26(25)21-6-10-23(30)11-7-21/h2-13,17-18,28,39H,14-16H2,1H3,(H,31,36,37). The molecule has 1 N–H and O–H groups in total. The summed E-state index contributed by atoms with van der Waals surface area (Å²) in [5.41, 5.74) is 4.68. The molecule has 2 unspecified atom stereocenters. The van der Waals surface area contributed by atoms with Crippen molar-refractivity contribution in [2.75, 3.05) is 6.54 Å². The minimum atomic E-state index is -2.65. The Morgan fingerprint density at radius 3 is 2.33 bits per heavy atom. The molecule has 0 spiro atoms. The van der Waals surface area contributed by atoms with E-state index in [2.05, 4.69) is 20.7 Å². The molecule has 2 heterocycles. The molecule has 202 valence electrons. The Labute approximate surface area is 235 Å². The van der Waals surface area contributed by atoms with Crippen molar-refractivity contribution in [1.82, 2.24) is 19.4 Å². The number of halogens is 2. The predicted molar refractivity (Wildman–Crippen MR) is 149 cm³/mol. The lowest BCUT2D eigenvalue weighted by Gasteiger charge is -2.23. The highest BCUT2D eigenvalue weighted by Crippen LogP contribution is 2.37. The van der Waals surface area contributed by atoms with Gasteiger partial charge in [-0.2, -0.15) is 5.10 Å². The monoisotopic (exact) mass is 612 g/mol. The second kappa shape index (κ2) is 11.8. The maximum absolute atomic E-state index is 13.7. The van der Waals surface area contributed by atoms with Crippen LogP contribution in [0.2, 0.25) is 0 Å². The lowest BCUT2D eigenvalue weighted by atomic mass is 10.1. The van der Waals surface area contributed by atoms with E-state index in [4.69, 9.17) is 9.84 Å². The van der Waals surface area contributed by atoms with Crippen molar-refractivity contribution in [1.29, 1.82) is 0 Å². The molecule has 5 rings (SSSR count). The summed E-state index contributed by atoms with van der Waals surface area (Å²) in [6.07, 6.45) is 1.13. The van der Waals surface area contributed by atoms with E-state index in [0.29, 0.717) is 29.8 Å². The summed E-state index contributed by atoms with van der Waals surface area (Å²) in [7, 11) is -2.65. The lowest BCUT2D eigenvalue weighted by molar-refractivity contribution is -0.130. The minimum absolute atomic E-state index is 0.124. The van der Waals surface area contributed by atoms with Gasteiger partial charge in [0.15, 0.2) is 6.23 Å². The number of amides is 1. The number of aromatic nitrogens is 2. The molecule has 0 bridgehead atoms. The zero-order valence-electron chi connectivity index (χ0n) is 21.0. The molecular weight excluding hydrogens is 587 g/mol. The Hall–Kier alpha value is -3.38. The predicted octanol–water partition coefficient (Wildman–Crippen LogP) is 4.55. The van der Waals surface area contributed by atoms with E-state index in [1.807, 2.05) is 54.7 Å². The molecule has 1 aliphatic rings. The molecule has 2 atom stereocenters. The highest BCUT2D eigenvalue weighted by molar-refractivity contribution is 9.10. The molecule has 0 saturated carbocycles. The average Bonchev–Trinajstić information content (AvgIpc) is 3.49. The van der Waals surface area contributed by atoms with Crippen molar-refractivity contribution in [2.24, 2.45) is 0 Å². The van der Waals surface area contributed by atoms with Crippen LogP contribution in [0.3, 0.4) is 0 Å². The normalized spacial score (nSPS) is 17.3. The summed E-state index contributed by atoms with van der Waals surface area (Å²) in [5.74, 6) is -0.472. The van der Waals surface area contributed by atoms with Crippen LogP contribution < -0.4 is 4.72 Å². The fourth-order valence-corrected chi connectivity index (χ4v) is 5.07. The van der Waals surface area contributed by atoms with Crippen LogP contribution >= 0.6 is 15.9 Å². The van der Waals surface area contributed by atoms with E-state index in [-0.39, 0.29) is 18.3 Å². The van der Waals surface area contributed by atoms with Crippen LogP contribution in [0.15, 0.2) is 83.5 Å². The Bertz CT molecular complexity index is 1530. The van der Waals surface area contributed by atoms with Crippen molar-refractivity contribution in [2.45, 2.75) is 32.2 Å². The quantitative estimate of drug-likeness (QED) is 0.271. The third-order valence-electron chi connectivity index (χ3n) is 6.54. The third kappa shape index (κ3) is 6.27. The van der Waals surface area contributed by atoms with E-state index < -0.39 is 23.2 Å². The molecule has 1 amide bonds. The third-order valence-corrected chi connectivity index (χ3v) is 7.49. The van der Waals surface area contributed by atoms with Gasteiger partial charge in [0.1, 0.15) is 17.6 Å². The van der Waals surface area contributed by atoms with Crippen molar-refractivity contribution >= 4 is 32.7 Å². The number of hydrogen-bond donors (Lipinski definition) is 2. The largest absolute Gasteiger partial charge is 0.341 e. The van der Waals surface area contributed by atoms with Crippen LogP contribution in [-0.2, 0) is 33.4 Å². The Balaban J connectivity index is 1.44. The van der Waals surface area contributed by atoms with Crippen LogP contribution in [0.4, 0.5) is 4.39 Å². The first-order chi connectivity index (χ1) is 18.8. The number of benzene rings is 3. The van der Waals surface area contributed by atoms with Crippen molar-refractivity contribution < 1.29 is 22.3 Å². The van der Waals surface area contributed by atoms with Crippen LogP contribution in [0.5, 0.6) is 0 Å². The van der Waals surface area contributed by atoms with Crippen LogP contribution in [0.25, 0.3) is 16.9 Å². The minimum Gasteiger partial charge on any atom is -0.341 e. The number of hydrogen-bond acceptors (Lipinski definition) is 5. The summed E-state index contributed by atoms with van der Waals surface area (Å²) in [4.78, 5) is 14.9. The van der Waals surface area contributed by atoms with Gasteiger partial charge < -0.3 is 9.64 Å². The molecule has 1 aromatic heterocycles. The van der Waals surface area contributed by atoms with Crippen molar-refractivity contribution in [3.8, 4) is 16.9 Å².